The molecule has 0 aromatic carbocycles. The molecule has 0 amide bonds. The fourth-order valence-corrected chi connectivity index (χ4v) is 1.67. The van der Waals surface area contributed by atoms with Crippen LogP contribution in [-0.4, -0.2) is 24.7 Å². The molecule has 0 bridgehead atoms. The summed E-state index contributed by atoms with van der Waals surface area (Å²) < 4.78 is 6.54. The summed E-state index contributed by atoms with van der Waals surface area (Å²) in [4.78, 5) is 8.14. The minimum Gasteiger partial charge on any atom is -0.397 e. The highest BCUT2D eigenvalue weighted by Gasteiger charge is 2.15. The molecule has 0 aliphatic carbocycles. The largest absolute Gasteiger partial charge is 0.397 e. The molecule has 0 unspecified atom stereocenters. The van der Waals surface area contributed by atoms with Crippen LogP contribution in [0.5, 0.6) is 0 Å². The van der Waals surface area contributed by atoms with Gasteiger partial charge in [0, 0.05) is 12.5 Å². The van der Waals surface area contributed by atoms with Crippen molar-refractivity contribution in [1.29, 1.82) is 0 Å². The van der Waals surface area contributed by atoms with Gasteiger partial charge in [0.2, 0.25) is 11.7 Å². The van der Waals surface area contributed by atoms with Gasteiger partial charge in [0.05, 0.1) is 11.9 Å². The van der Waals surface area contributed by atoms with Crippen LogP contribution in [0, 0.1) is 13.8 Å². The lowest BCUT2D eigenvalue weighted by atomic mass is 10.2. The average molecular weight is 230 g/mol. The number of nitrogen functional groups attached to an aromatic ring is 1. The maximum atomic E-state index is 6.02. The van der Waals surface area contributed by atoms with Gasteiger partial charge in [0.1, 0.15) is 17.5 Å². The van der Waals surface area contributed by atoms with Gasteiger partial charge in [0.25, 0.3) is 0 Å². The third-order valence-corrected chi connectivity index (χ3v) is 2.60. The number of aryl methyl sites for hydroxylation is 1. The van der Waals surface area contributed by atoms with Gasteiger partial charge in [-0.25, -0.2) is 9.50 Å². The van der Waals surface area contributed by atoms with Crippen molar-refractivity contribution in [1.82, 2.24) is 24.7 Å². The molecule has 86 valence electrons. The summed E-state index contributed by atoms with van der Waals surface area (Å²) in [6, 6.07) is 0. The van der Waals surface area contributed by atoms with E-state index in [1.54, 1.807) is 24.0 Å². The van der Waals surface area contributed by atoms with Crippen LogP contribution >= 0.6 is 0 Å². The van der Waals surface area contributed by atoms with Crippen molar-refractivity contribution in [3.63, 3.8) is 0 Å². The van der Waals surface area contributed by atoms with Crippen LogP contribution in [0.3, 0.4) is 0 Å². The Bertz CT molecular complexity index is 698. The summed E-state index contributed by atoms with van der Waals surface area (Å²) in [5.41, 5.74) is 8.83. The Morgan fingerprint density at radius 3 is 2.88 bits per heavy atom. The lowest BCUT2D eigenvalue weighted by molar-refractivity contribution is 0.394. The smallest absolute Gasteiger partial charge is 0.223 e. The zero-order valence-electron chi connectivity index (χ0n) is 9.38. The van der Waals surface area contributed by atoms with Gasteiger partial charge < -0.3 is 10.3 Å². The zero-order chi connectivity index (χ0) is 12.0. The van der Waals surface area contributed by atoms with Crippen LogP contribution in [0.2, 0.25) is 0 Å². The Morgan fingerprint density at radius 2 is 2.18 bits per heavy atom. The molecule has 3 aromatic heterocycles. The van der Waals surface area contributed by atoms with Gasteiger partial charge in [-0.3, -0.25) is 0 Å². The standard InChI is InChI=1S/C10H10N6O/c1-5-8(11)7-3-12-4-16(7)14-9(5)10-13-6(2)17-15-10/h3-4H,11H2,1-2H3. The minimum absolute atomic E-state index is 0.433. The Hall–Kier alpha value is -2.44. The van der Waals surface area contributed by atoms with Gasteiger partial charge in [-0.15, -0.1) is 0 Å². The molecular weight excluding hydrogens is 220 g/mol. The second kappa shape index (κ2) is 3.27. The number of fused-ring (bicyclic) bond motifs is 1. The minimum atomic E-state index is 0.433. The summed E-state index contributed by atoms with van der Waals surface area (Å²) in [5.74, 6) is 0.924. The maximum Gasteiger partial charge on any atom is 0.223 e. The molecule has 0 fully saturated rings. The Kier molecular flexibility index (Phi) is 1.88. The number of nitrogens with two attached hydrogens (primary N) is 1. The van der Waals surface area contributed by atoms with E-state index in [0.29, 0.717) is 23.1 Å². The molecule has 0 saturated carbocycles. The number of imidazole rings is 1. The third kappa shape index (κ3) is 1.36. The first kappa shape index (κ1) is 9.76. The quantitative estimate of drug-likeness (QED) is 0.669. The highest BCUT2D eigenvalue weighted by Crippen LogP contribution is 2.25. The van der Waals surface area contributed by atoms with E-state index in [1.807, 2.05) is 6.92 Å². The Balaban J connectivity index is 2.32. The molecular formula is C10H10N6O. The van der Waals surface area contributed by atoms with Crippen molar-refractivity contribution in [2.75, 3.05) is 5.73 Å². The molecule has 7 nitrogen and oxygen atoms in total. The first-order valence-corrected chi connectivity index (χ1v) is 5.06. The van der Waals surface area contributed by atoms with Crippen LogP contribution < -0.4 is 5.73 Å². The molecule has 0 aliphatic heterocycles. The van der Waals surface area contributed by atoms with Crippen LogP contribution in [-0.2, 0) is 0 Å². The second-order valence-corrected chi connectivity index (χ2v) is 3.75. The van der Waals surface area contributed by atoms with Crippen molar-refractivity contribution in [2.24, 2.45) is 0 Å². The van der Waals surface area contributed by atoms with Crippen LogP contribution in [0.25, 0.3) is 17.0 Å². The highest BCUT2D eigenvalue weighted by molar-refractivity contribution is 5.76. The molecule has 0 atom stereocenters. The molecule has 3 aromatic rings. The fraction of sp³-hybridized carbons (Fsp3) is 0.200. The van der Waals surface area contributed by atoms with Crippen molar-refractivity contribution in [3.05, 3.63) is 24.0 Å². The predicted molar refractivity (Wildman–Crippen MR) is 60.2 cm³/mol. The third-order valence-electron chi connectivity index (χ3n) is 2.60. The molecule has 0 saturated heterocycles. The van der Waals surface area contributed by atoms with Gasteiger partial charge in [-0.1, -0.05) is 5.16 Å². The molecule has 7 heteroatoms. The fourth-order valence-electron chi connectivity index (χ4n) is 1.67. The first-order chi connectivity index (χ1) is 8.16. The molecule has 2 N–H and O–H groups in total. The Labute approximate surface area is 96.3 Å². The Morgan fingerprint density at radius 1 is 1.35 bits per heavy atom. The molecule has 0 spiro atoms. The van der Waals surface area contributed by atoms with Crippen molar-refractivity contribution in [2.45, 2.75) is 13.8 Å². The first-order valence-electron chi connectivity index (χ1n) is 5.06. The summed E-state index contributed by atoms with van der Waals surface area (Å²) in [6.45, 7) is 3.60. The predicted octanol–water partition coefficient (Wildman–Crippen LogP) is 0.978. The lowest BCUT2D eigenvalue weighted by Crippen LogP contribution is -2.03. The van der Waals surface area contributed by atoms with Crippen LogP contribution in [0.4, 0.5) is 5.69 Å². The highest BCUT2D eigenvalue weighted by atomic mass is 16.5. The van der Waals surface area contributed by atoms with E-state index in [-0.39, 0.29) is 0 Å². The van der Waals surface area contributed by atoms with E-state index < -0.39 is 0 Å². The lowest BCUT2D eigenvalue weighted by Gasteiger charge is -2.05. The monoisotopic (exact) mass is 230 g/mol. The van der Waals surface area contributed by atoms with E-state index in [2.05, 4.69) is 20.2 Å². The number of rotatable bonds is 1. The van der Waals surface area contributed by atoms with E-state index in [4.69, 9.17) is 10.3 Å². The van der Waals surface area contributed by atoms with E-state index >= 15 is 0 Å². The molecule has 3 rings (SSSR count). The summed E-state index contributed by atoms with van der Waals surface area (Å²) in [7, 11) is 0. The van der Waals surface area contributed by atoms with Gasteiger partial charge >= 0.3 is 0 Å². The van der Waals surface area contributed by atoms with Gasteiger partial charge in [-0.2, -0.15) is 10.1 Å². The summed E-state index contributed by atoms with van der Waals surface area (Å²) in [6.07, 6.45) is 3.25. The summed E-state index contributed by atoms with van der Waals surface area (Å²) in [5, 5.41) is 8.21. The van der Waals surface area contributed by atoms with E-state index in [1.165, 1.54) is 0 Å². The van der Waals surface area contributed by atoms with Crippen LogP contribution in [0.15, 0.2) is 17.0 Å². The van der Waals surface area contributed by atoms with Crippen LogP contribution in [0.1, 0.15) is 11.5 Å². The number of aromatic nitrogens is 5. The van der Waals surface area contributed by atoms with Crippen molar-refractivity contribution in [3.8, 4) is 11.5 Å². The SMILES string of the molecule is Cc1nc(-c2nn3cncc3c(N)c2C)no1. The maximum absolute atomic E-state index is 6.02. The molecule has 0 radical (unpaired) electrons. The number of nitrogens with zero attached hydrogens (tertiary/aromatic N) is 5. The molecule has 3 heterocycles. The average Bonchev–Trinajstić information content (AvgIpc) is 2.91. The number of anilines is 1. The topological polar surface area (TPSA) is 95.1 Å². The molecule has 0 aliphatic rings. The zero-order valence-corrected chi connectivity index (χ0v) is 9.38. The van der Waals surface area contributed by atoms with Gasteiger partial charge in [0.15, 0.2) is 0 Å². The second-order valence-electron chi connectivity index (χ2n) is 3.75. The number of hydrogen-bond acceptors (Lipinski definition) is 6. The van der Waals surface area contributed by atoms with Gasteiger partial charge in [-0.05, 0) is 6.92 Å². The number of hydrogen-bond donors (Lipinski definition) is 1. The van der Waals surface area contributed by atoms with E-state index in [9.17, 15) is 0 Å². The van der Waals surface area contributed by atoms with Crippen molar-refractivity contribution < 1.29 is 4.52 Å². The van der Waals surface area contributed by atoms with E-state index in [0.717, 1.165) is 11.1 Å². The van der Waals surface area contributed by atoms with Crippen molar-refractivity contribution >= 4 is 11.2 Å². The molecule has 17 heavy (non-hydrogen) atoms. The normalized spacial score (nSPS) is 11.2. The summed E-state index contributed by atoms with van der Waals surface area (Å²) >= 11 is 0.